The Morgan fingerprint density at radius 3 is 2.46 bits per heavy atom. The first-order valence-electron chi connectivity index (χ1n) is 7.73. The van der Waals surface area contributed by atoms with Crippen LogP contribution in [0, 0.1) is 0 Å². The highest BCUT2D eigenvalue weighted by molar-refractivity contribution is 5.95. The van der Waals surface area contributed by atoms with Gasteiger partial charge in [0, 0.05) is 31.4 Å². The van der Waals surface area contributed by atoms with Gasteiger partial charge < -0.3 is 9.88 Å². The lowest BCUT2D eigenvalue weighted by molar-refractivity contribution is 0.0951. The van der Waals surface area contributed by atoms with E-state index in [9.17, 15) is 9.59 Å². The van der Waals surface area contributed by atoms with E-state index in [2.05, 4.69) is 5.32 Å². The molecule has 3 rings (SSSR count). The number of carbonyl (C=O) groups excluding carboxylic acids is 1. The summed E-state index contributed by atoms with van der Waals surface area (Å²) in [6.45, 7) is 0.377. The molecule has 4 heteroatoms. The summed E-state index contributed by atoms with van der Waals surface area (Å²) in [5.41, 5.74) is 3.50. The van der Waals surface area contributed by atoms with Gasteiger partial charge in [0.2, 0.25) is 5.56 Å². The van der Waals surface area contributed by atoms with Gasteiger partial charge in [-0.2, -0.15) is 0 Å². The molecule has 1 N–H and O–H groups in total. The van der Waals surface area contributed by atoms with Gasteiger partial charge in [-0.05, 0) is 28.8 Å². The van der Waals surface area contributed by atoms with Crippen LogP contribution in [0.5, 0.6) is 0 Å². The lowest BCUT2D eigenvalue weighted by Gasteiger charge is -2.08. The minimum atomic E-state index is -0.137. The van der Waals surface area contributed by atoms with Gasteiger partial charge in [0.15, 0.2) is 0 Å². The molecule has 1 amide bonds. The number of carbonyl (C=O) groups is 1. The zero-order valence-corrected chi connectivity index (χ0v) is 13.4. The number of hydrogen-bond acceptors (Lipinski definition) is 2. The van der Waals surface area contributed by atoms with Crippen molar-refractivity contribution in [3.63, 3.8) is 0 Å². The summed E-state index contributed by atoms with van der Waals surface area (Å²) >= 11 is 0. The molecule has 0 aliphatic rings. The van der Waals surface area contributed by atoms with Crippen LogP contribution in [0.1, 0.15) is 15.9 Å². The third-order valence-corrected chi connectivity index (χ3v) is 3.83. The number of pyridine rings is 1. The Morgan fingerprint density at radius 2 is 1.71 bits per heavy atom. The monoisotopic (exact) mass is 318 g/mol. The molecule has 0 radical (unpaired) electrons. The second-order valence-electron chi connectivity index (χ2n) is 5.62. The first-order chi connectivity index (χ1) is 11.6. The molecule has 3 aromatic rings. The third kappa shape index (κ3) is 3.60. The molecule has 0 fully saturated rings. The Kier molecular flexibility index (Phi) is 4.57. The number of amides is 1. The van der Waals surface area contributed by atoms with E-state index in [1.165, 1.54) is 10.6 Å². The van der Waals surface area contributed by atoms with Gasteiger partial charge in [-0.1, -0.05) is 48.5 Å². The SMILES string of the molecule is Cn1cc(CNC(=O)c2cccc(-c3ccccc3)c2)ccc1=O. The summed E-state index contributed by atoms with van der Waals surface area (Å²) < 4.78 is 1.50. The molecule has 0 aliphatic carbocycles. The Labute approximate surface area is 140 Å². The zero-order valence-electron chi connectivity index (χ0n) is 13.4. The number of nitrogens with zero attached hydrogens (tertiary/aromatic N) is 1. The maximum absolute atomic E-state index is 12.4. The topological polar surface area (TPSA) is 51.1 Å². The van der Waals surface area contributed by atoms with Crippen LogP contribution in [0.15, 0.2) is 77.7 Å². The van der Waals surface area contributed by atoms with Crippen molar-refractivity contribution in [3.8, 4) is 11.1 Å². The molecule has 0 spiro atoms. The molecule has 0 saturated heterocycles. The van der Waals surface area contributed by atoms with Crippen molar-refractivity contribution < 1.29 is 4.79 Å². The van der Waals surface area contributed by atoms with Crippen molar-refractivity contribution in [2.24, 2.45) is 7.05 Å². The molecule has 0 bridgehead atoms. The van der Waals surface area contributed by atoms with Gasteiger partial charge in [-0.25, -0.2) is 0 Å². The summed E-state index contributed by atoms with van der Waals surface area (Å²) in [5, 5.41) is 2.89. The van der Waals surface area contributed by atoms with Crippen LogP contribution in [-0.2, 0) is 13.6 Å². The first-order valence-corrected chi connectivity index (χ1v) is 7.73. The number of benzene rings is 2. The molecular formula is C20H18N2O2. The Bertz CT molecular complexity index is 914. The molecule has 2 aromatic carbocycles. The Hall–Kier alpha value is -3.14. The third-order valence-electron chi connectivity index (χ3n) is 3.83. The molecule has 24 heavy (non-hydrogen) atoms. The standard InChI is InChI=1S/C20H18N2O2/c1-22-14-15(10-11-19(22)23)13-21-20(24)18-9-5-8-17(12-18)16-6-3-2-4-7-16/h2-12,14H,13H2,1H3,(H,21,24). The fourth-order valence-corrected chi connectivity index (χ4v) is 2.51. The van der Waals surface area contributed by atoms with Crippen LogP contribution >= 0.6 is 0 Å². The second-order valence-corrected chi connectivity index (χ2v) is 5.62. The quantitative estimate of drug-likeness (QED) is 0.804. The molecular weight excluding hydrogens is 300 g/mol. The highest BCUT2D eigenvalue weighted by Crippen LogP contribution is 2.19. The van der Waals surface area contributed by atoms with E-state index in [0.717, 1.165) is 16.7 Å². The maximum atomic E-state index is 12.4. The van der Waals surface area contributed by atoms with Crippen LogP contribution in [0.25, 0.3) is 11.1 Å². The number of aryl methyl sites for hydroxylation is 1. The van der Waals surface area contributed by atoms with Crippen molar-refractivity contribution in [2.45, 2.75) is 6.54 Å². The number of hydrogen-bond donors (Lipinski definition) is 1. The molecule has 0 atom stereocenters. The lowest BCUT2D eigenvalue weighted by atomic mass is 10.0. The van der Waals surface area contributed by atoms with E-state index in [-0.39, 0.29) is 11.5 Å². The number of nitrogens with one attached hydrogen (secondary N) is 1. The normalized spacial score (nSPS) is 10.4. The van der Waals surface area contributed by atoms with E-state index in [1.54, 1.807) is 25.4 Å². The van der Waals surface area contributed by atoms with Crippen LogP contribution in [0.4, 0.5) is 0 Å². The summed E-state index contributed by atoms with van der Waals surface area (Å²) in [6, 6.07) is 20.7. The van der Waals surface area contributed by atoms with Gasteiger partial charge in [0.1, 0.15) is 0 Å². The summed E-state index contributed by atoms with van der Waals surface area (Å²) in [4.78, 5) is 23.8. The average molecular weight is 318 g/mol. The molecule has 1 aromatic heterocycles. The molecule has 0 aliphatic heterocycles. The van der Waals surface area contributed by atoms with Gasteiger partial charge in [0.25, 0.3) is 5.91 Å². The van der Waals surface area contributed by atoms with Crippen molar-refractivity contribution in [3.05, 3.63) is 94.4 Å². The van der Waals surface area contributed by atoms with Gasteiger partial charge in [0.05, 0.1) is 0 Å². The highest BCUT2D eigenvalue weighted by atomic mass is 16.1. The number of aromatic nitrogens is 1. The van der Waals surface area contributed by atoms with Crippen molar-refractivity contribution in [1.82, 2.24) is 9.88 Å². The molecule has 120 valence electrons. The Balaban J connectivity index is 1.73. The maximum Gasteiger partial charge on any atom is 0.251 e. The van der Waals surface area contributed by atoms with E-state index >= 15 is 0 Å². The minimum Gasteiger partial charge on any atom is -0.348 e. The first kappa shape index (κ1) is 15.7. The summed E-state index contributed by atoms with van der Waals surface area (Å²) in [7, 11) is 1.69. The second kappa shape index (κ2) is 6.96. The predicted molar refractivity (Wildman–Crippen MR) is 94.7 cm³/mol. The van der Waals surface area contributed by atoms with Crippen LogP contribution in [0.3, 0.4) is 0 Å². The molecule has 0 unspecified atom stereocenters. The van der Waals surface area contributed by atoms with Gasteiger partial charge in [-0.15, -0.1) is 0 Å². The van der Waals surface area contributed by atoms with Crippen LogP contribution in [0.2, 0.25) is 0 Å². The molecule has 0 saturated carbocycles. The van der Waals surface area contributed by atoms with E-state index in [4.69, 9.17) is 0 Å². The van der Waals surface area contributed by atoms with E-state index < -0.39 is 0 Å². The van der Waals surface area contributed by atoms with Crippen molar-refractivity contribution in [1.29, 1.82) is 0 Å². The van der Waals surface area contributed by atoms with Crippen LogP contribution in [-0.4, -0.2) is 10.5 Å². The fourth-order valence-electron chi connectivity index (χ4n) is 2.51. The minimum absolute atomic E-state index is 0.0689. The molecule has 4 nitrogen and oxygen atoms in total. The summed E-state index contributed by atoms with van der Waals surface area (Å²) in [6.07, 6.45) is 1.73. The predicted octanol–water partition coefficient (Wildman–Crippen LogP) is 2.98. The Morgan fingerprint density at radius 1 is 0.958 bits per heavy atom. The highest BCUT2D eigenvalue weighted by Gasteiger charge is 2.07. The smallest absolute Gasteiger partial charge is 0.251 e. The van der Waals surface area contributed by atoms with Crippen molar-refractivity contribution >= 4 is 5.91 Å². The van der Waals surface area contributed by atoms with E-state index in [1.807, 2.05) is 48.5 Å². The summed E-state index contributed by atoms with van der Waals surface area (Å²) in [5.74, 6) is -0.137. The van der Waals surface area contributed by atoms with E-state index in [0.29, 0.717) is 12.1 Å². The average Bonchev–Trinajstić information content (AvgIpc) is 2.63. The van der Waals surface area contributed by atoms with Crippen LogP contribution < -0.4 is 10.9 Å². The van der Waals surface area contributed by atoms with Gasteiger partial charge >= 0.3 is 0 Å². The zero-order chi connectivity index (χ0) is 16.9. The van der Waals surface area contributed by atoms with Crippen molar-refractivity contribution in [2.75, 3.05) is 0 Å². The largest absolute Gasteiger partial charge is 0.348 e. The lowest BCUT2D eigenvalue weighted by Crippen LogP contribution is -2.24. The fraction of sp³-hybridized carbons (Fsp3) is 0.100. The van der Waals surface area contributed by atoms with Gasteiger partial charge in [-0.3, -0.25) is 9.59 Å². The molecule has 1 heterocycles. The number of rotatable bonds is 4.